The number of amides is 2. The third-order valence-corrected chi connectivity index (χ3v) is 2.98. The lowest BCUT2D eigenvalue weighted by molar-refractivity contribution is -0.130. The van der Waals surface area contributed by atoms with E-state index < -0.39 is 6.10 Å². The maximum absolute atomic E-state index is 11.7. The topological polar surface area (TPSA) is 93.4 Å². The number of hydrogen-bond donors (Lipinski definition) is 3. The lowest BCUT2D eigenvalue weighted by Gasteiger charge is -2.14. The van der Waals surface area contributed by atoms with Crippen LogP contribution in [0.5, 0.6) is 0 Å². The molecule has 0 aliphatic heterocycles. The Hall–Kier alpha value is -1.92. The lowest BCUT2D eigenvalue weighted by Crippen LogP contribution is -2.40. The Morgan fingerprint density at radius 1 is 1.29 bits per heavy atom. The molecular formula is C15H23N3O3. The molecule has 6 nitrogen and oxygen atoms in total. The Kier molecular flexibility index (Phi) is 6.84. The van der Waals surface area contributed by atoms with Gasteiger partial charge in [-0.1, -0.05) is 26.0 Å². The summed E-state index contributed by atoms with van der Waals surface area (Å²) in [6.45, 7) is 4.14. The predicted molar refractivity (Wildman–Crippen MR) is 81.6 cm³/mol. The molecular weight excluding hydrogens is 270 g/mol. The van der Waals surface area contributed by atoms with E-state index in [0.29, 0.717) is 12.2 Å². The van der Waals surface area contributed by atoms with Gasteiger partial charge in [0.15, 0.2) is 0 Å². The molecule has 21 heavy (non-hydrogen) atoms. The third kappa shape index (κ3) is 5.53. The Bertz CT molecular complexity index is 485. The molecule has 0 aliphatic rings. The van der Waals surface area contributed by atoms with Crippen LogP contribution >= 0.6 is 0 Å². The molecule has 1 rings (SSSR count). The van der Waals surface area contributed by atoms with Crippen molar-refractivity contribution in [2.24, 2.45) is 11.7 Å². The van der Waals surface area contributed by atoms with Gasteiger partial charge in [-0.2, -0.15) is 0 Å². The summed E-state index contributed by atoms with van der Waals surface area (Å²) in [6.07, 6.45) is -0.645. The number of nitrogens with one attached hydrogen (secondary N) is 2. The molecule has 0 aromatic heterocycles. The van der Waals surface area contributed by atoms with E-state index in [9.17, 15) is 9.59 Å². The Labute approximate surface area is 125 Å². The molecule has 1 atom stereocenters. The van der Waals surface area contributed by atoms with Gasteiger partial charge in [-0.25, -0.2) is 0 Å². The minimum atomic E-state index is -0.645. The monoisotopic (exact) mass is 293 g/mol. The van der Waals surface area contributed by atoms with Gasteiger partial charge in [0, 0.05) is 31.8 Å². The molecule has 1 aromatic carbocycles. The first-order valence-corrected chi connectivity index (χ1v) is 6.88. The van der Waals surface area contributed by atoms with E-state index in [0.717, 1.165) is 5.56 Å². The van der Waals surface area contributed by atoms with Gasteiger partial charge in [0.25, 0.3) is 5.91 Å². The zero-order chi connectivity index (χ0) is 15.8. The highest BCUT2D eigenvalue weighted by atomic mass is 16.5. The second kappa shape index (κ2) is 8.39. The van der Waals surface area contributed by atoms with Crippen molar-refractivity contribution in [2.75, 3.05) is 19.0 Å². The Morgan fingerprint density at radius 2 is 2.00 bits per heavy atom. The minimum Gasteiger partial charge on any atom is -0.370 e. The highest BCUT2D eigenvalue weighted by Gasteiger charge is 2.15. The van der Waals surface area contributed by atoms with Gasteiger partial charge in [0.05, 0.1) is 0 Å². The molecule has 2 amide bonds. The van der Waals surface area contributed by atoms with E-state index in [2.05, 4.69) is 10.6 Å². The molecule has 0 bridgehead atoms. The number of nitrogens with two attached hydrogens (primary N) is 1. The van der Waals surface area contributed by atoms with Crippen LogP contribution in [0, 0.1) is 5.92 Å². The van der Waals surface area contributed by atoms with E-state index in [1.54, 1.807) is 0 Å². The zero-order valence-corrected chi connectivity index (χ0v) is 12.7. The number of carbonyl (C=O) groups excluding carboxylic acids is 2. The van der Waals surface area contributed by atoms with Crippen LogP contribution in [0.4, 0.5) is 5.69 Å². The molecule has 0 saturated carbocycles. The molecule has 0 spiro atoms. The largest absolute Gasteiger partial charge is 0.370 e. The highest BCUT2D eigenvalue weighted by molar-refractivity contribution is 5.92. The van der Waals surface area contributed by atoms with E-state index in [1.165, 1.54) is 7.11 Å². The lowest BCUT2D eigenvalue weighted by atomic mass is 10.1. The van der Waals surface area contributed by atoms with E-state index in [1.807, 2.05) is 38.1 Å². The van der Waals surface area contributed by atoms with Crippen molar-refractivity contribution in [3.8, 4) is 0 Å². The molecule has 0 saturated heterocycles. The summed E-state index contributed by atoms with van der Waals surface area (Å²) in [5, 5.41) is 5.57. The summed E-state index contributed by atoms with van der Waals surface area (Å²) in [7, 11) is 1.44. The van der Waals surface area contributed by atoms with Crippen LogP contribution in [-0.4, -0.2) is 31.6 Å². The summed E-state index contributed by atoms with van der Waals surface area (Å²) < 4.78 is 4.96. The van der Waals surface area contributed by atoms with Crippen LogP contribution in [0.15, 0.2) is 24.3 Å². The van der Waals surface area contributed by atoms with Crippen molar-refractivity contribution in [3.05, 3.63) is 29.8 Å². The number of methoxy groups -OCH3 is 1. The summed E-state index contributed by atoms with van der Waals surface area (Å²) in [5.41, 5.74) is 7.02. The van der Waals surface area contributed by atoms with E-state index in [4.69, 9.17) is 10.5 Å². The summed E-state index contributed by atoms with van der Waals surface area (Å²) in [5.74, 6) is -0.379. The van der Waals surface area contributed by atoms with Crippen LogP contribution in [0.1, 0.15) is 19.4 Å². The second-order valence-corrected chi connectivity index (χ2v) is 5.02. The maximum Gasteiger partial charge on any atom is 0.250 e. The van der Waals surface area contributed by atoms with Crippen molar-refractivity contribution >= 4 is 17.5 Å². The van der Waals surface area contributed by atoms with Gasteiger partial charge < -0.3 is 21.1 Å². The minimum absolute atomic E-state index is 0.0428. The number of hydrogen-bond acceptors (Lipinski definition) is 4. The van der Waals surface area contributed by atoms with Gasteiger partial charge in [-0.05, 0) is 17.7 Å². The summed E-state index contributed by atoms with van der Waals surface area (Å²) in [6, 6.07) is 7.33. The number of carbonyl (C=O) groups is 2. The number of ether oxygens (including phenoxy) is 1. The predicted octanol–water partition coefficient (Wildman–Crippen LogP) is 0.871. The van der Waals surface area contributed by atoms with E-state index in [-0.39, 0.29) is 24.3 Å². The molecule has 1 aromatic rings. The van der Waals surface area contributed by atoms with Gasteiger partial charge in [0.2, 0.25) is 5.91 Å². The molecule has 116 valence electrons. The zero-order valence-electron chi connectivity index (χ0n) is 12.7. The smallest absolute Gasteiger partial charge is 0.250 e. The fourth-order valence-corrected chi connectivity index (χ4v) is 1.66. The van der Waals surface area contributed by atoms with Gasteiger partial charge >= 0.3 is 0 Å². The first-order chi connectivity index (χ1) is 9.97. The Morgan fingerprint density at radius 3 is 2.57 bits per heavy atom. The van der Waals surface area contributed by atoms with Gasteiger partial charge in [-0.15, -0.1) is 0 Å². The average molecular weight is 293 g/mol. The van der Waals surface area contributed by atoms with Crippen molar-refractivity contribution in [2.45, 2.75) is 26.5 Å². The number of rotatable bonds is 7. The molecule has 0 fully saturated rings. The molecule has 4 N–H and O–H groups in total. The van der Waals surface area contributed by atoms with Gasteiger partial charge in [-0.3, -0.25) is 9.59 Å². The van der Waals surface area contributed by atoms with Crippen molar-refractivity contribution in [3.63, 3.8) is 0 Å². The SMILES string of the molecule is COC(CN)C(=O)NCc1cccc(NC(=O)C(C)C)c1. The fourth-order valence-electron chi connectivity index (χ4n) is 1.66. The third-order valence-electron chi connectivity index (χ3n) is 2.98. The molecule has 0 radical (unpaired) electrons. The average Bonchev–Trinajstić information content (AvgIpc) is 2.46. The quantitative estimate of drug-likeness (QED) is 0.695. The highest BCUT2D eigenvalue weighted by Crippen LogP contribution is 2.12. The molecule has 1 unspecified atom stereocenters. The second-order valence-electron chi connectivity index (χ2n) is 5.02. The number of benzene rings is 1. The fraction of sp³-hybridized carbons (Fsp3) is 0.467. The van der Waals surface area contributed by atoms with Gasteiger partial charge in [0.1, 0.15) is 6.10 Å². The molecule has 6 heteroatoms. The normalized spacial score (nSPS) is 12.0. The Balaban J connectivity index is 2.61. The number of anilines is 1. The van der Waals surface area contributed by atoms with Crippen LogP contribution < -0.4 is 16.4 Å². The summed E-state index contributed by atoms with van der Waals surface area (Å²) >= 11 is 0. The molecule has 0 aliphatic carbocycles. The van der Waals surface area contributed by atoms with Crippen LogP contribution in [0.25, 0.3) is 0 Å². The first kappa shape index (κ1) is 17.1. The van der Waals surface area contributed by atoms with Crippen LogP contribution in [0.3, 0.4) is 0 Å². The van der Waals surface area contributed by atoms with E-state index >= 15 is 0 Å². The van der Waals surface area contributed by atoms with Crippen LogP contribution in [-0.2, 0) is 20.9 Å². The standard InChI is InChI=1S/C15H23N3O3/c1-10(2)14(19)18-12-6-4-5-11(7-12)9-17-15(20)13(8-16)21-3/h4-7,10,13H,8-9,16H2,1-3H3,(H,17,20)(H,18,19). The first-order valence-electron chi connectivity index (χ1n) is 6.88. The van der Waals surface area contributed by atoms with Crippen LogP contribution in [0.2, 0.25) is 0 Å². The summed E-state index contributed by atoms with van der Waals surface area (Å²) in [4.78, 5) is 23.4. The van der Waals surface area contributed by atoms with Crippen molar-refractivity contribution in [1.29, 1.82) is 0 Å². The molecule has 0 heterocycles. The van der Waals surface area contributed by atoms with Crippen molar-refractivity contribution in [1.82, 2.24) is 5.32 Å². The van der Waals surface area contributed by atoms with Crippen molar-refractivity contribution < 1.29 is 14.3 Å². The maximum atomic E-state index is 11.7.